The van der Waals surface area contributed by atoms with Crippen molar-refractivity contribution in [2.75, 3.05) is 13.6 Å². The molecule has 0 amide bonds. The van der Waals surface area contributed by atoms with E-state index < -0.39 is 16.8 Å². The van der Waals surface area contributed by atoms with E-state index in [9.17, 15) is 14.7 Å². The Morgan fingerprint density at radius 1 is 1.19 bits per heavy atom. The predicted molar refractivity (Wildman–Crippen MR) is 104 cm³/mol. The third kappa shape index (κ3) is 2.61. The molecule has 1 aliphatic heterocycles. The topological polar surface area (TPSA) is 95.3 Å². The van der Waals surface area contributed by atoms with Gasteiger partial charge in [0.2, 0.25) is 5.88 Å². The van der Waals surface area contributed by atoms with Crippen molar-refractivity contribution >= 4 is 10.9 Å². The SMILES string of the molecule is C[NH+]1CCc2c([nH]c3ccccc23)[C@@H]1c1c(O)n(C(C)(C)C)c(=O)[nH]c1=O. The Hall–Kier alpha value is -2.80. The van der Waals surface area contributed by atoms with E-state index in [2.05, 4.69) is 16.0 Å². The zero-order chi connectivity index (χ0) is 19.5. The first-order valence-electron chi connectivity index (χ1n) is 9.20. The summed E-state index contributed by atoms with van der Waals surface area (Å²) in [6.45, 7) is 6.29. The van der Waals surface area contributed by atoms with E-state index in [4.69, 9.17) is 0 Å². The van der Waals surface area contributed by atoms with Crippen LogP contribution in [0.15, 0.2) is 33.9 Å². The number of aromatic amines is 2. The summed E-state index contributed by atoms with van der Waals surface area (Å²) in [6, 6.07) is 7.68. The van der Waals surface area contributed by atoms with Gasteiger partial charge in [0.15, 0.2) is 6.04 Å². The van der Waals surface area contributed by atoms with Gasteiger partial charge < -0.3 is 15.0 Å². The Balaban J connectivity index is 2.03. The van der Waals surface area contributed by atoms with Gasteiger partial charge in [-0.25, -0.2) is 4.79 Å². The fourth-order valence-corrected chi connectivity index (χ4v) is 4.26. The van der Waals surface area contributed by atoms with E-state index in [1.165, 1.54) is 10.1 Å². The Labute approximate surface area is 156 Å². The third-order valence-electron chi connectivity index (χ3n) is 5.48. The van der Waals surface area contributed by atoms with Crippen LogP contribution < -0.4 is 16.1 Å². The number of benzene rings is 1. The van der Waals surface area contributed by atoms with Crippen molar-refractivity contribution in [2.24, 2.45) is 0 Å². The Morgan fingerprint density at radius 2 is 1.89 bits per heavy atom. The molecule has 3 heterocycles. The number of fused-ring (bicyclic) bond motifs is 3. The van der Waals surface area contributed by atoms with Crippen molar-refractivity contribution in [3.63, 3.8) is 0 Å². The molecular formula is C20H25N4O3+. The van der Waals surface area contributed by atoms with Crippen LogP contribution in [0.5, 0.6) is 5.88 Å². The lowest BCUT2D eigenvalue weighted by atomic mass is 9.93. The summed E-state index contributed by atoms with van der Waals surface area (Å²) in [4.78, 5) is 32.0. The summed E-state index contributed by atoms with van der Waals surface area (Å²) in [5.74, 6) is -0.257. The van der Waals surface area contributed by atoms with Gasteiger partial charge in [-0.2, -0.15) is 0 Å². The fourth-order valence-electron chi connectivity index (χ4n) is 4.26. The van der Waals surface area contributed by atoms with Crippen LogP contribution in [0.1, 0.15) is 43.6 Å². The number of likely N-dealkylation sites (N-methyl/N-ethyl adjacent to an activating group) is 1. The number of nitrogens with one attached hydrogen (secondary N) is 3. The lowest BCUT2D eigenvalue weighted by Crippen LogP contribution is -3.10. The molecule has 1 aromatic carbocycles. The summed E-state index contributed by atoms with van der Waals surface area (Å²) in [6.07, 6.45) is 0.888. The molecule has 0 aliphatic carbocycles. The van der Waals surface area contributed by atoms with Gasteiger partial charge in [0, 0.05) is 22.9 Å². The minimum atomic E-state index is -0.661. The molecule has 4 rings (SSSR count). The van der Waals surface area contributed by atoms with E-state index in [0.29, 0.717) is 0 Å². The zero-order valence-corrected chi connectivity index (χ0v) is 16.0. The third-order valence-corrected chi connectivity index (χ3v) is 5.48. The van der Waals surface area contributed by atoms with Gasteiger partial charge >= 0.3 is 5.69 Å². The molecule has 2 aromatic heterocycles. The van der Waals surface area contributed by atoms with Gasteiger partial charge in [-0.15, -0.1) is 0 Å². The first kappa shape index (κ1) is 17.6. The second-order valence-electron chi connectivity index (χ2n) is 8.34. The van der Waals surface area contributed by atoms with Crippen LogP contribution in [0.25, 0.3) is 10.9 Å². The highest BCUT2D eigenvalue weighted by Crippen LogP contribution is 2.33. The molecule has 0 spiro atoms. The summed E-state index contributed by atoms with van der Waals surface area (Å²) >= 11 is 0. The molecule has 0 saturated heterocycles. The number of hydrogen-bond acceptors (Lipinski definition) is 3. The van der Waals surface area contributed by atoms with E-state index in [1.807, 2.05) is 46.0 Å². The Morgan fingerprint density at radius 3 is 2.59 bits per heavy atom. The van der Waals surface area contributed by atoms with Gasteiger partial charge in [0.1, 0.15) is 5.56 Å². The number of para-hydroxylation sites is 1. The quantitative estimate of drug-likeness (QED) is 0.507. The van der Waals surface area contributed by atoms with Gasteiger partial charge in [0.05, 0.1) is 19.3 Å². The van der Waals surface area contributed by atoms with Crippen LogP contribution in [-0.4, -0.2) is 33.2 Å². The molecule has 27 heavy (non-hydrogen) atoms. The molecule has 4 N–H and O–H groups in total. The molecule has 0 fully saturated rings. The molecule has 7 heteroatoms. The molecule has 1 aliphatic rings. The monoisotopic (exact) mass is 369 g/mol. The Kier molecular flexibility index (Phi) is 3.82. The molecule has 2 atom stereocenters. The maximum atomic E-state index is 12.8. The average Bonchev–Trinajstić information content (AvgIpc) is 2.93. The molecule has 1 unspecified atom stereocenters. The van der Waals surface area contributed by atoms with Crippen LogP contribution in [0.2, 0.25) is 0 Å². The zero-order valence-electron chi connectivity index (χ0n) is 16.0. The number of aromatic hydroxyl groups is 1. The molecule has 3 aromatic rings. The number of aromatic nitrogens is 3. The first-order chi connectivity index (χ1) is 12.7. The average molecular weight is 369 g/mol. The maximum Gasteiger partial charge on any atom is 0.331 e. The standard InChI is InChI=1S/C20H24N4O3/c1-20(2,3)24-18(26)14(17(25)22-19(24)27)16-15-12(9-10-23(16)4)11-7-5-6-8-13(11)21-15/h5-8,16,21,26H,9-10H2,1-4H3,(H,22,25,27)/p+1/t16-/m0/s1. The van der Waals surface area contributed by atoms with Crippen molar-refractivity contribution in [3.05, 3.63) is 61.9 Å². The normalized spacial score (nSPS) is 20.0. The highest BCUT2D eigenvalue weighted by molar-refractivity contribution is 5.85. The number of H-pyrrole nitrogens is 2. The van der Waals surface area contributed by atoms with Crippen LogP contribution >= 0.6 is 0 Å². The van der Waals surface area contributed by atoms with Crippen LogP contribution in [-0.2, 0) is 12.0 Å². The van der Waals surface area contributed by atoms with Gasteiger partial charge in [0.25, 0.3) is 5.56 Å². The highest BCUT2D eigenvalue weighted by Gasteiger charge is 2.38. The van der Waals surface area contributed by atoms with Gasteiger partial charge in [-0.05, 0) is 32.4 Å². The van der Waals surface area contributed by atoms with Crippen molar-refractivity contribution in [3.8, 4) is 5.88 Å². The summed E-state index contributed by atoms with van der Waals surface area (Å²) < 4.78 is 1.26. The molecule has 0 radical (unpaired) electrons. The van der Waals surface area contributed by atoms with Gasteiger partial charge in [-0.3, -0.25) is 14.3 Å². The number of hydrogen-bond donors (Lipinski definition) is 4. The second-order valence-corrected chi connectivity index (χ2v) is 8.34. The minimum absolute atomic E-state index is 0.231. The molecule has 0 saturated carbocycles. The molecule has 0 bridgehead atoms. The van der Waals surface area contributed by atoms with Crippen LogP contribution in [0, 0.1) is 0 Å². The first-order valence-corrected chi connectivity index (χ1v) is 9.20. The fraction of sp³-hybridized carbons (Fsp3) is 0.400. The van der Waals surface area contributed by atoms with Crippen molar-refractivity contribution < 1.29 is 10.0 Å². The lowest BCUT2D eigenvalue weighted by Gasteiger charge is -2.31. The largest absolute Gasteiger partial charge is 0.494 e. The van der Waals surface area contributed by atoms with Crippen LogP contribution in [0.3, 0.4) is 0 Å². The summed E-state index contributed by atoms with van der Waals surface area (Å²) in [7, 11) is 2.00. The van der Waals surface area contributed by atoms with Gasteiger partial charge in [-0.1, -0.05) is 18.2 Å². The van der Waals surface area contributed by atoms with E-state index in [-0.39, 0.29) is 17.5 Å². The van der Waals surface area contributed by atoms with Crippen molar-refractivity contribution in [1.29, 1.82) is 0 Å². The smallest absolute Gasteiger partial charge is 0.331 e. The number of rotatable bonds is 1. The predicted octanol–water partition coefficient (Wildman–Crippen LogP) is 0.639. The van der Waals surface area contributed by atoms with E-state index in [1.54, 1.807) is 0 Å². The van der Waals surface area contributed by atoms with Crippen LogP contribution in [0.4, 0.5) is 0 Å². The lowest BCUT2D eigenvalue weighted by molar-refractivity contribution is -0.908. The van der Waals surface area contributed by atoms with E-state index in [0.717, 1.165) is 34.5 Å². The number of quaternary nitrogens is 1. The van der Waals surface area contributed by atoms with E-state index >= 15 is 0 Å². The second kappa shape index (κ2) is 5.85. The van der Waals surface area contributed by atoms with Crippen molar-refractivity contribution in [1.82, 2.24) is 14.5 Å². The highest BCUT2D eigenvalue weighted by atomic mass is 16.3. The summed E-state index contributed by atoms with van der Waals surface area (Å²) in [5.41, 5.74) is 1.56. The molecular weight excluding hydrogens is 344 g/mol. The maximum absolute atomic E-state index is 12.8. The Bertz CT molecular complexity index is 1150. The molecule has 7 nitrogen and oxygen atoms in total. The minimum Gasteiger partial charge on any atom is -0.494 e. The molecule has 142 valence electrons. The summed E-state index contributed by atoms with van der Waals surface area (Å²) in [5, 5.41) is 12.1. The van der Waals surface area contributed by atoms with Crippen molar-refractivity contribution in [2.45, 2.75) is 38.8 Å². The number of nitrogens with zero attached hydrogens (tertiary/aromatic N) is 1.